The largest absolute Gasteiger partial charge is 0.490 e. The Hall–Kier alpha value is -3.13. The minimum atomic E-state index is -1.70. The third-order valence-electron chi connectivity index (χ3n) is 3.74. The number of rotatable bonds is 6. The number of carbonyl (C=O) groups excluding carboxylic acids is 1. The van der Waals surface area contributed by atoms with Crippen LogP contribution in [0.4, 0.5) is 5.69 Å². The molecule has 24 heavy (non-hydrogen) atoms. The number of nitrogens with two attached hydrogens (primary N) is 2. The van der Waals surface area contributed by atoms with Crippen LogP contribution >= 0.6 is 0 Å². The van der Waals surface area contributed by atoms with Crippen molar-refractivity contribution in [3.8, 4) is 11.5 Å². The van der Waals surface area contributed by atoms with Gasteiger partial charge in [-0.3, -0.25) is 14.9 Å². The number of nitro benzene ring substituents is 1. The summed E-state index contributed by atoms with van der Waals surface area (Å²) < 4.78 is 10.1. The van der Waals surface area contributed by atoms with E-state index in [2.05, 4.69) is 0 Å². The summed E-state index contributed by atoms with van der Waals surface area (Å²) in [4.78, 5) is 22.7. The summed E-state index contributed by atoms with van der Waals surface area (Å²) in [6, 6.07) is 11.1. The zero-order valence-electron chi connectivity index (χ0n) is 13.2. The molecule has 0 saturated heterocycles. The molecule has 0 aliphatic heterocycles. The Morgan fingerprint density at radius 3 is 1.96 bits per heavy atom. The van der Waals surface area contributed by atoms with Crippen molar-refractivity contribution in [2.45, 2.75) is 5.54 Å². The summed E-state index contributed by atoms with van der Waals surface area (Å²) in [5.74, 6) is -0.977. The van der Waals surface area contributed by atoms with Crippen molar-refractivity contribution in [2.24, 2.45) is 11.5 Å². The molecular formula is C16H17N3O5. The van der Waals surface area contributed by atoms with Gasteiger partial charge in [-0.1, -0.05) is 30.3 Å². The van der Waals surface area contributed by atoms with Gasteiger partial charge in [0.2, 0.25) is 17.4 Å². The molecule has 1 atom stereocenters. The van der Waals surface area contributed by atoms with Gasteiger partial charge in [0.05, 0.1) is 19.1 Å². The average molecular weight is 331 g/mol. The molecule has 2 rings (SSSR count). The summed E-state index contributed by atoms with van der Waals surface area (Å²) in [7, 11) is 2.55. The van der Waals surface area contributed by atoms with Gasteiger partial charge < -0.3 is 20.9 Å². The number of carbonyl (C=O) groups is 1. The van der Waals surface area contributed by atoms with Gasteiger partial charge in [0.1, 0.15) is 5.54 Å². The van der Waals surface area contributed by atoms with E-state index in [0.29, 0.717) is 5.56 Å². The normalized spacial score (nSPS) is 13.0. The smallest absolute Gasteiger partial charge is 0.352 e. The Bertz CT molecular complexity index is 754. The van der Waals surface area contributed by atoms with Crippen LogP contribution < -0.4 is 20.9 Å². The van der Waals surface area contributed by atoms with Crippen LogP contribution in [-0.4, -0.2) is 25.1 Å². The molecule has 0 heterocycles. The topological polar surface area (TPSA) is 131 Å². The summed E-state index contributed by atoms with van der Waals surface area (Å²) in [5.41, 5.74) is 10.4. The molecule has 8 nitrogen and oxygen atoms in total. The Balaban J connectivity index is 2.77. The molecule has 0 aliphatic rings. The highest BCUT2D eigenvalue weighted by atomic mass is 16.6. The Morgan fingerprint density at radius 2 is 1.58 bits per heavy atom. The van der Waals surface area contributed by atoms with E-state index in [-0.39, 0.29) is 22.7 Å². The highest BCUT2D eigenvalue weighted by Gasteiger charge is 2.39. The lowest BCUT2D eigenvalue weighted by molar-refractivity contribution is -0.386. The number of amides is 1. The molecule has 0 aliphatic carbocycles. The first-order valence-electron chi connectivity index (χ1n) is 6.91. The first-order valence-corrected chi connectivity index (χ1v) is 6.91. The average Bonchev–Trinajstić information content (AvgIpc) is 2.59. The van der Waals surface area contributed by atoms with E-state index in [1.54, 1.807) is 30.3 Å². The van der Waals surface area contributed by atoms with E-state index < -0.39 is 16.4 Å². The molecule has 0 aromatic heterocycles. The number of hydrogen-bond donors (Lipinski definition) is 2. The van der Waals surface area contributed by atoms with E-state index in [1.165, 1.54) is 26.4 Å². The molecule has 2 aromatic carbocycles. The summed E-state index contributed by atoms with van der Waals surface area (Å²) in [5, 5.41) is 11.2. The van der Waals surface area contributed by atoms with Crippen molar-refractivity contribution in [3.05, 3.63) is 63.7 Å². The molecule has 0 saturated carbocycles. The van der Waals surface area contributed by atoms with Gasteiger partial charge in [-0.25, -0.2) is 0 Å². The third-order valence-corrected chi connectivity index (χ3v) is 3.74. The molecule has 0 spiro atoms. The maximum absolute atomic E-state index is 12.1. The van der Waals surface area contributed by atoms with Crippen LogP contribution in [0.3, 0.4) is 0 Å². The first kappa shape index (κ1) is 17.2. The lowest BCUT2D eigenvalue weighted by Gasteiger charge is -2.27. The van der Waals surface area contributed by atoms with Crippen LogP contribution in [0.5, 0.6) is 11.5 Å². The van der Waals surface area contributed by atoms with Crippen LogP contribution in [0.25, 0.3) is 0 Å². The maximum atomic E-state index is 12.1. The quantitative estimate of drug-likeness (QED) is 0.606. The lowest BCUT2D eigenvalue weighted by atomic mass is 9.82. The Labute approximate surface area is 138 Å². The monoisotopic (exact) mass is 331 g/mol. The number of methoxy groups -OCH3 is 2. The van der Waals surface area contributed by atoms with Crippen LogP contribution in [0.2, 0.25) is 0 Å². The first-order chi connectivity index (χ1) is 11.4. The summed E-state index contributed by atoms with van der Waals surface area (Å²) >= 11 is 0. The number of benzene rings is 2. The number of hydrogen-bond acceptors (Lipinski definition) is 6. The second-order valence-electron chi connectivity index (χ2n) is 5.02. The zero-order valence-corrected chi connectivity index (χ0v) is 13.2. The fraction of sp³-hybridized carbons (Fsp3) is 0.188. The summed E-state index contributed by atoms with van der Waals surface area (Å²) in [6.45, 7) is 0. The molecule has 0 bridgehead atoms. The van der Waals surface area contributed by atoms with Crippen molar-refractivity contribution in [1.82, 2.24) is 0 Å². The number of nitrogens with zero attached hydrogens (tertiary/aromatic N) is 1. The van der Waals surface area contributed by atoms with E-state index in [1.807, 2.05) is 0 Å². The number of ether oxygens (including phenoxy) is 2. The van der Waals surface area contributed by atoms with E-state index >= 15 is 0 Å². The molecule has 4 N–H and O–H groups in total. The Morgan fingerprint density at radius 1 is 1.08 bits per heavy atom. The summed E-state index contributed by atoms with van der Waals surface area (Å²) in [6.07, 6.45) is 0. The zero-order chi connectivity index (χ0) is 17.9. The Kier molecular flexibility index (Phi) is 4.70. The van der Waals surface area contributed by atoms with Gasteiger partial charge in [0, 0.05) is 0 Å². The SMILES string of the molecule is COc1cc(C(N)(C(N)=O)c2ccccc2)cc(OC)c1[N+](=O)[O-]. The van der Waals surface area contributed by atoms with E-state index in [0.717, 1.165) is 0 Å². The third kappa shape index (κ3) is 2.74. The van der Waals surface area contributed by atoms with Gasteiger partial charge in [-0.2, -0.15) is 0 Å². The maximum Gasteiger partial charge on any atom is 0.352 e. The molecule has 126 valence electrons. The van der Waals surface area contributed by atoms with Crippen LogP contribution in [0.1, 0.15) is 11.1 Å². The van der Waals surface area contributed by atoms with Crippen molar-refractivity contribution in [2.75, 3.05) is 14.2 Å². The predicted molar refractivity (Wildman–Crippen MR) is 86.8 cm³/mol. The minimum Gasteiger partial charge on any atom is -0.490 e. The van der Waals surface area contributed by atoms with Gasteiger partial charge in [-0.15, -0.1) is 0 Å². The van der Waals surface area contributed by atoms with Crippen molar-refractivity contribution < 1.29 is 19.2 Å². The van der Waals surface area contributed by atoms with Crippen LogP contribution in [0.15, 0.2) is 42.5 Å². The fourth-order valence-electron chi connectivity index (χ4n) is 2.45. The molecule has 0 radical (unpaired) electrons. The van der Waals surface area contributed by atoms with Gasteiger partial charge >= 0.3 is 5.69 Å². The molecule has 0 fully saturated rings. The van der Waals surface area contributed by atoms with Crippen LogP contribution in [0, 0.1) is 10.1 Å². The molecule has 1 unspecified atom stereocenters. The number of nitro groups is 1. The second kappa shape index (κ2) is 6.55. The van der Waals surface area contributed by atoms with E-state index in [4.69, 9.17) is 20.9 Å². The highest BCUT2D eigenvalue weighted by molar-refractivity contribution is 5.90. The lowest BCUT2D eigenvalue weighted by Crippen LogP contribution is -2.50. The number of primary amides is 1. The van der Waals surface area contributed by atoms with Crippen molar-refractivity contribution >= 4 is 11.6 Å². The standard InChI is InChI=1S/C16H17N3O5/c1-23-12-8-11(9-13(24-2)14(12)19(21)22)16(18,15(17)20)10-6-4-3-5-7-10/h3-9H,18H2,1-2H3,(H2,17,20). The van der Waals surface area contributed by atoms with Gasteiger partial charge in [-0.05, 0) is 23.3 Å². The van der Waals surface area contributed by atoms with Gasteiger partial charge in [0.25, 0.3) is 0 Å². The van der Waals surface area contributed by atoms with Gasteiger partial charge in [0.15, 0.2) is 0 Å². The highest BCUT2D eigenvalue weighted by Crippen LogP contribution is 2.41. The van der Waals surface area contributed by atoms with Crippen LogP contribution in [-0.2, 0) is 10.3 Å². The second-order valence-corrected chi connectivity index (χ2v) is 5.02. The van der Waals surface area contributed by atoms with Crippen molar-refractivity contribution in [3.63, 3.8) is 0 Å². The fourth-order valence-corrected chi connectivity index (χ4v) is 2.45. The molecule has 1 amide bonds. The predicted octanol–water partition coefficient (Wildman–Crippen LogP) is 1.30. The minimum absolute atomic E-state index is 0.0821. The van der Waals surface area contributed by atoms with E-state index in [9.17, 15) is 14.9 Å². The molecular weight excluding hydrogens is 314 g/mol. The molecule has 8 heteroatoms. The van der Waals surface area contributed by atoms with Crippen molar-refractivity contribution in [1.29, 1.82) is 0 Å². The molecule has 2 aromatic rings.